The molecular formula is C18H20ClNO3. The fourth-order valence-electron chi connectivity index (χ4n) is 3.03. The van der Waals surface area contributed by atoms with Crippen LogP contribution in [0.25, 0.3) is 10.8 Å². The summed E-state index contributed by atoms with van der Waals surface area (Å²) in [7, 11) is 1.60. The molecule has 2 unspecified atom stereocenters. The third kappa shape index (κ3) is 3.08. The van der Waals surface area contributed by atoms with Crippen LogP contribution in [0.5, 0.6) is 5.75 Å². The van der Waals surface area contributed by atoms with Crippen molar-refractivity contribution < 1.29 is 14.3 Å². The molecule has 5 heteroatoms. The van der Waals surface area contributed by atoms with Crippen molar-refractivity contribution in [3.63, 3.8) is 0 Å². The van der Waals surface area contributed by atoms with Gasteiger partial charge in [-0.25, -0.2) is 4.79 Å². The summed E-state index contributed by atoms with van der Waals surface area (Å²) in [6.07, 6.45) is 2.46. The van der Waals surface area contributed by atoms with Gasteiger partial charge >= 0.3 is 6.09 Å². The van der Waals surface area contributed by atoms with E-state index < -0.39 is 0 Å². The zero-order valence-electron chi connectivity index (χ0n) is 13.3. The van der Waals surface area contributed by atoms with Crippen LogP contribution >= 0.6 is 11.6 Å². The molecule has 1 fully saturated rings. The number of carbonyl (C=O) groups is 1. The zero-order chi connectivity index (χ0) is 16.4. The Morgan fingerprint density at radius 2 is 2.13 bits per heavy atom. The minimum Gasteiger partial charge on any atom is -0.495 e. The molecule has 2 atom stereocenters. The first kappa shape index (κ1) is 15.9. The van der Waals surface area contributed by atoms with Gasteiger partial charge in [0.05, 0.1) is 18.2 Å². The highest BCUT2D eigenvalue weighted by Gasteiger charge is 2.34. The van der Waals surface area contributed by atoms with Crippen LogP contribution in [0, 0.1) is 0 Å². The third-order valence-electron chi connectivity index (χ3n) is 4.26. The van der Waals surface area contributed by atoms with Crippen molar-refractivity contribution in [3.05, 3.63) is 40.9 Å². The number of rotatable bonds is 5. The number of halogens is 1. The number of unbranched alkanes of at least 4 members (excludes halogenated alkanes) is 1. The highest BCUT2D eigenvalue weighted by molar-refractivity contribution is 6.37. The molecule has 0 aromatic heterocycles. The number of amides is 1. The van der Waals surface area contributed by atoms with Crippen LogP contribution in [0.15, 0.2) is 30.3 Å². The predicted octanol–water partition coefficient (Wildman–Crippen LogP) is 4.84. The maximum absolute atomic E-state index is 11.6. The van der Waals surface area contributed by atoms with E-state index >= 15 is 0 Å². The van der Waals surface area contributed by atoms with Gasteiger partial charge in [0.15, 0.2) is 0 Å². The van der Waals surface area contributed by atoms with Crippen LogP contribution in [-0.4, -0.2) is 19.2 Å². The molecule has 2 aromatic rings. The Kier molecular flexibility index (Phi) is 4.62. The Hall–Kier alpha value is -1.94. The number of benzene rings is 2. The lowest BCUT2D eigenvalue weighted by Crippen LogP contribution is -2.27. The van der Waals surface area contributed by atoms with E-state index in [0.717, 1.165) is 35.6 Å². The Morgan fingerprint density at radius 3 is 2.87 bits per heavy atom. The molecule has 1 saturated heterocycles. The molecule has 1 N–H and O–H groups in total. The fraction of sp³-hybridized carbons (Fsp3) is 0.389. The molecule has 1 heterocycles. The molecular weight excluding hydrogens is 314 g/mol. The van der Waals surface area contributed by atoms with Gasteiger partial charge in [0.25, 0.3) is 0 Å². The lowest BCUT2D eigenvalue weighted by atomic mass is 9.96. The second-order valence-electron chi connectivity index (χ2n) is 5.78. The summed E-state index contributed by atoms with van der Waals surface area (Å²) in [6.45, 7) is 2.14. The van der Waals surface area contributed by atoms with Crippen LogP contribution in [0.4, 0.5) is 4.79 Å². The van der Waals surface area contributed by atoms with Crippen molar-refractivity contribution in [2.75, 3.05) is 7.11 Å². The monoisotopic (exact) mass is 333 g/mol. The number of hydrogen-bond donors (Lipinski definition) is 1. The summed E-state index contributed by atoms with van der Waals surface area (Å²) in [5.74, 6) is 0.654. The first-order valence-electron chi connectivity index (χ1n) is 7.87. The number of nitrogens with one attached hydrogen (secondary N) is 1. The van der Waals surface area contributed by atoms with E-state index in [4.69, 9.17) is 21.1 Å². The van der Waals surface area contributed by atoms with Crippen molar-refractivity contribution in [2.45, 2.75) is 38.3 Å². The maximum atomic E-state index is 11.6. The van der Waals surface area contributed by atoms with Crippen molar-refractivity contribution in [2.24, 2.45) is 0 Å². The van der Waals surface area contributed by atoms with Crippen LogP contribution in [0.1, 0.15) is 37.9 Å². The minimum atomic E-state index is -0.344. The van der Waals surface area contributed by atoms with Crippen LogP contribution in [0.3, 0.4) is 0 Å². The van der Waals surface area contributed by atoms with Gasteiger partial charge in [-0.05, 0) is 29.5 Å². The largest absolute Gasteiger partial charge is 0.495 e. The molecule has 1 aliphatic rings. The van der Waals surface area contributed by atoms with E-state index in [2.05, 4.69) is 12.2 Å². The Morgan fingerprint density at radius 1 is 1.30 bits per heavy atom. The molecule has 0 bridgehead atoms. The SMILES string of the molecule is CCCCC1NC(=O)OC1c1ccc2c(Cl)c(OC)ccc2c1. The van der Waals surface area contributed by atoms with Crippen molar-refractivity contribution >= 4 is 28.5 Å². The zero-order valence-corrected chi connectivity index (χ0v) is 14.0. The molecule has 0 saturated carbocycles. The Balaban J connectivity index is 1.94. The van der Waals surface area contributed by atoms with Gasteiger partial charge < -0.3 is 14.8 Å². The molecule has 0 radical (unpaired) electrons. The highest BCUT2D eigenvalue weighted by atomic mass is 35.5. The number of cyclic esters (lactones) is 1. The summed E-state index contributed by atoms with van der Waals surface area (Å²) in [5.41, 5.74) is 0.984. The molecule has 0 aliphatic carbocycles. The van der Waals surface area contributed by atoms with E-state index in [1.807, 2.05) is 30.3 Å². The van der Waals surface area contributed by atoms with Gasteiger partial charge in [0.1, 0.15) is 11.9 Å². The molecule has 2 aromatic carbocycles. The van der Waals surface area contributed by atoms with Gasteiger partial charge in [-0.3, -0.25) is 0 Å². The van der Waals surface area contributed by atoms with Gasteiger partial charge in [-0.2, -0.15) is 0 Å². The van der Waals surface area contributed by atoms with Crippen molar-refractivity contribution in [1.82, 2.24) is 5.32 Å². The second-order valence-corrected chi connectivity index (χ2v) is 6.16. The number of fused-ring (bicyclic) bond motifs is 1. The van der Waals surface area contributed by atoms with Gasteiger partial charge in [0.2, 0.25) is 0 Å². The van der Waals surface area contributed by atoms with E-state index in [1.165, 1.54) is 0 Å². The molecule has 122 valence electrons. The standard InChI is InChI=1S/C18H20ClNO3/c1-3-4-5-14-17(23-18(21)20-14)12-6-8-13-11(10-12)7-9-15(22-2)16(13)19/h6-10,14,17H,3-5H2,1-2H3,(H,20,21). The minimum absolute atomic E-state index is 0.0219. The fourth-order valence-corrected chi connectivity index (χ4v) is 3.34. The topological polar surface area (TPSA) is 47.6 Å². The maximum Gasteiger partial charge on any atom is 0.408 e. The van der Waals surface area contributed by atoms with E-state index in [1.54, 1.807) is 7.11 Å². The Labute approximate surface area is 140 Å². The number of hydrogen-bond acceptors (Lipinski definition) is 3. The summed E-state index contributed by atoms with van der Waals surface area (Å²) >= 11 is 6.35. The lowest BCUT2D eigenvalue weighted by molar-refractivity contribution is 0.131. The predicted molar refractivity (Wildman–Crippen MR) is 91.2 cm³/mol. The number of methoxy groups -OCH3 is 1. The smallest absolute Gasteiger partial charge is 0.408 e. The lowest BCUT2D eigenvalue weighted by Gasteiger charge is -2.18. The van der Waals surface area contributed by atoms with Crippen molar-refractivity contribution in [3.8, 4) is 5.75 Å². The molecule has 1 amide bonds. The number of carbonyl (C=O) groups excluding carboxylic acids is 1. The Bertz CT molecular complexity index is 732. The average Bonchev–Trinajstić information content (AvgIpc) is 2.94. The second kappa shape index (κ2) is 6.67. The quantitative estimate of drug-likeness (QED) is 0.851. The molecule has 23 heavy (non-hydrogen) atoms. The van der Waals surface area contributed by atoms with E-state index in [-0.39, 0.29) is 18.2 Å². The first-order chi connectivity index (χ1) is 11.1. The van der Waals surface area contributed by atoms with Gasteiger partial charge in [0, 0.05) is 5.39 Å². The normalized spacial score (nSPS) is 20.4. The van der Waals surface area contributed by atoms with Crippen LogP contribution < -0.4 is 10.1 Å². The molecule has 4 nitrogen and oxygen atoms in total. The highest BCUT2D eigenvalue weighted by Crippen LogP contribution is 2.36. The molecule has 3 rings (SSSR count). The van der Waals surface area contributed by atoms with Crippen LogP contribution in [0.2, 0.25) is 5.02 Å². The number of ether oxygens (including phenoxy) is 2. The van der Waals surface area contributed by atoms with E-state index in [9.17, 15) is 4.79 Å². The third-order valence-corrected chi connectivity index (χ3v) is 4.65. The summed E-state index contributed by atoms with van der Waals surface area (Å²) < 4.78 is 10.7. The summed E-state index contributed by atoms with van der Waals surface area (Å²) in [5, 5.41) is 5.44. The molecule has 0 spiro atoms. The van der Waals surface area contributed by atoms with Gasteiger partial charge in [-0.1, -0.05) is 49.6 Å². The molecule has 1 aliphatic heterocycles. The van der Waals surface area contributed by atoms with E-state index in [0.29, 0.717) is 10.8 Å². The van der Waals surface area contributed by atoms with Crippen LogP contribution in [-0.2, 0) is 4.74 Å². The van der Waals surface area contributed by atoms with Gasteiger partial charge in [-0.15, -0.1) is 0 Å². The van der Waals surface area contributed by atoms with Crippen molar-refractivity contribution in [1.29, 1.82) is 0 Å². The summed E-state index contributed by atoms with van der Waals surface area (Å²) in [6, 6.07) is 9.80. The average molecular weight is 334 g/mol. The summed E-state index contributed by atoms with van der Waals surface area (Å²) in [4.78, 5) is 11.6. The first-order valence-corrected chi connectivity index (χ1v) is 8.25. The number of alkyl carbamates (subject to hydrolysis) is 1.